The van der Waals surface area contributed by atoms with Gasteiger partial charge in [0.25, 0.3) is 11.6 Å². The first kappa shape index (κ1) is 24.0. The fourth-order valence-corrected chi connectivity index (χ4v) is 4.11. The Morgan fingerprint density at radius 3 is 2.49 bits per heavy atom. The molecule has 0 radical (unpaired) electrons. The minimum atomic E-state index is -0.640. The van der Waals surface area contributed by atoms with E-state index < -0.39 is 16.8 Å². The van der Waals surface area contributed by atoms with Crippen LogP contribution >= 0.6 is 11.6 Å². The van der Waals surface area contributed by atoms with Gasteiger partial charge in [0.15, 0.2) is 0 Å². The first-order chi connectivity index (χ1) is 16.8. The van der Waals surface area contributed by atoms with Gasteiger partial charge in [0.2, 0.25) is 0 Å². The van der Waals surface area contributed by atoms with Gasteiger partial charge in [0, 0.05) is 22.7 Å². The molecule has 1 aromatic heterocycles. The number of fused-ring (bicyclic) bond motifs is 1. The molecule has 0 spiro atoms. The minimum absolute atomic E-state index is 0.0628. The summed E-state index contributed by atoms with van der Waals surface area (Å²) in [5.74, 6) is -0.377. The van der Waals surface area contributed by atoms with Crippen LogP contribution in [0.2, 0.25) is 5.02 Å². The van der Waals surface area contributed by atoms with E-state index in [0.29, 0.717) is 27.9 Å². The summed E-state index contributed by atoms with van der Waals surface area (Å²) >= 11 is 5.91. The number of halogens is 1. The topological polar surface area (TPSA) is 101 Å². The molecule has 0 bridgehead atoms. The maximum atomic E-state index is 13.5. The summed E-state index contributed by atoms with van der Waals surface area (Å²) in [5, 5.41) is 11.9. The maximum absolute atomic E-state index is 13.5. The number of methoxy groups -OCH3 is 1. The number of benzene rings is 3. The van der Waals surface area contributed by atoms with Crippen molar-refractivity contribution in [1.82, 2.24) is 4.57 Å². The number of hydrogen-bond acceptors (Lipinski definition) is 6. The molecule has 0 amide bonds. The van der Waals surface area contributed by atoms with Crippen molar-refractivity contribution in [2.75, 3.05) is 7.11 Å². The molecule has 1 heterocycles. The second-order valence-corrected chi connectivity index (χ2v) is 8.24. The highest BCUT2D eigenvalue weighted by Gasteiger charge is 2.24. The van der Waals surface area contributed by atoms with Crippen molar-refractivity contribution in [2.24, 2.45) is 0 Å². The second kappa shape index (κ2) is 9.99. The van der Waals surface area contributed by atoms with Crippen molar-refractivity contribution in [3.05, 3.63) is 104 Å². The van der Waals surface area contributed by atoms with Gasteiger partial charge in [-0.2, -0.15) is 0 Å². The number of carbonyl (C=O) groups excluding carboxylic acids is 2. The fraction of sp³-hybridized carbons (Fsp3) is 0.154. The summed E-state index contributed by atoms with van der Waals surface area (Å²) in [6.45, 7) is 1.85. The van der Waals surface area contributed by atoms with Crippen LogP contribution in [0.15, 0.2) is 66.7 Å². The predicted molar refractivity (Wildman–Crippen MR) is 131 cm³/mol. The van der Waals surface area contributed by atoms with Crippen molar-refractivity contribution in [1.29, 1.82) is 0 Å². The van der Waals surface area contributed by atoms with E-state index in [1.165, 1.54) is 23.8 Å². The van der Waals surface area contributed by atoms with Gasteiger partial charge in [-0.3, -0.25) is 24.3 Å². The second-order valence-electron chi connectivity index (χ2n) is 7.83. The Labute approximate surface area is 205 Å². The minimum Gasteiger partial charge on any atom is -0.497 e. The Bertz CT molecular complexity index is 1450. The third-order valence-electron chi connectivity index (χ3n) is 5.70. The molecule has 178 valence electrons. The van der Waals surface area contributed by atoms with Gasteiger partial charge in [-0.05, 0) is 48.4 Å². The summed E-state index contributed by atoms with van der Waals surface area (Å²) in [4.78, 5) is 36.9. The van der Waals surface area contributed by atoms with Crippen LogP contribution < -0.4 is 4.74 Å². The van der Waals surface area contributed by atoms with Crippen molar-refractivity contribution >= 4 is 40.1 Å². The average molecular weight is 493 g/mol. The Kier molecular flexibility index (Phi) is 6.84. The fourth-order valence-electron chi connectivity index (χ4n) is 3.92. The molecule has 0 unspecified atom stereocenters. The Hall–Kier alpha value is -4.17. The summed E-state index contributed by atoms with van der Waals surface area (Å²) < 4.78 is 12.2. The third-order valence-corrected chi connectivity index (χ3v) is 6.02. The Morgan fingerprint density at radius 1 is 1.06 bits per heavy atom. The van der Waals surface area contributed by atoms with E-state index in [4.69, 9.17) is 21.1 Å². The van der Waals surface area contributed by atoms with E-state index in [1.807, 2.05) is 30.3 Å². The van der Waals surface area contributed by atoms with Gasteiger partial charge < -0.3 is 9.47 Å². The van der Waals surface area contributed by atoms with E-state index in [9.17, 15) is 19.7 Å². The third kappa shape index (κ3) is 4.88. The lowest BCUT2D eigenvalue weighted by atomic mass is 10.1. The lowest BCUT2D eigenvalue weighted by Gasteiger charge is -2.09. The van der Waals surface area contributed by atoms with E-state index in [1.54, 1.807) is 25.1 Å². The summed E-state index contributed by atoms with van der Waals surface area (Å²) in [6.07, 6.45) is -0.0661. The van der Waals surface area contributed by atoms with Crippen molar-refractivity contribution in [3.63, 3.8) is 0 Å². The van der Waals surface area contributed by atoms with Gasteiger partial charge >= 0.3 is 5.97 Å². The number of hydrogen-bond donors (Lipinski definition) is 0. The molecule has 4 rings (SSSR count). The van der Waals surface area contributed by atoms with Gasteiger partial charge in [0.1, 0.15) is 17.4 Å². The summed E-state index contributed by atoms with van der Waals surface area (Å²) in [7, 11) is 1.52. The number of nitro benzene ring substituents is 1. The predicted octanol–water partition coefficient (Wildman–Crippen LogP) is 5.49. The monoisotopic (exact) mass is 492 g/mol. The molecule has 0 N–H and O–H groups in total. The molecule has 0 aliphatic heterocycles. The number of nitrogens with zero attached hydrogens (tertiary/aromatic N) is 2. The van der Waals surface area contributed by atoms with Crippen LogP contribution in [0, 0.1) is 17.0 Å². The lowest BCUT2D eigenvalue weighted by molar-refractivity contribution is -0.384. The van der Waals surface area contributed by atoms with Crippen LogP contribution in [-0.2, 0) is 22.6 Å². The van der Waals surface area contributed by atoms with Crippen LogP contribution in [0.25, 0.3) is 10.9 Å². The average Bonchev–Trinajstić information content (AvgIpc) is 3.13. The largest absolute Gasteiger partial charge is 0.497 e. The highest BCUT2D eigenvalue weighted by molar-refractivity contribution is 6.32. The van der Waals surface area contributed by atoms with Crippen molar-refractivity contribution in [3.8, 4) is 5.75 Å². The van der Waals surface area contributed by atoms with Gasteiger partial charge in [-0.25, -0.2) is 0 Å². The molecule has 0 saturated carbocycles. The molecule has 0 fully saturated rings. The van der Waals surface area contributed by atoms with Crippen molar-refractivity contribution in [2.45, 2.75) is 20.0 Å². The smallest absolute Gasteiger partial charge is 0.310 e. The molecular formula is C26H21ClN2O6. The number of ether oxygens (including phenoxy) is 2. The Morgan fingerprint density at radius 2 is 1.80 bits per heavy atom. The zero-order valence-electron chi connectivity index (χ0n) is 19.0. The lowest BCUT2D eigenvalue weighted by Crippen LogP contribution is -2.15. The Balaban J connectivity index is 1.73. The van der Waals surface area contributed by atoms with Crippen LogP contribution in [-0.4, -0.2) is 28.5 Å². The SMILES string of the molecule is COc1ccc2c(c1)c(CC(=O)OCc1ccccc1)c(C)n2C(=O)c1ccc(Cl)c([N+](=O)[O-])c1. The maximum Gasteiger partial charge on any atom is 0.310 e. The zero-order chi connectivity index (χ0) is 25.1. The highest BCUT2D eigenvalue weighted by atomic mass is 35.5. The first-order valence-electron chi connectivity index (χ1n) is 10.7. The molecule has 0 aliphatic carbocycles. The highest BCUT2D eigenvalue weighted by Crippen LogP contribution is 2.32. The molecule has 0 atom stereocenters. The van der Waals surface area contributed by atoms with Crippen LogP contribution in [0.1, 0.15) is 27.2 Å². The van der Waals surface area contributed by atoms with E-state index in [0.717, 1.165) is 11.6 Å². The van der Waals surface area contributed by atoms with Crippen LogP contribution in [0.4, 0.5) is 5.69 Å². The molecule has 8 nitrogen and oxygen atoms in total. The van der Waals surface area contributed by atoms with E-state index in [2.05, 4.69) is 0 Å². The van der Waals surface area contributed by atoms with Crippen LogP contribution in [0.5, 0.6) is 5.75 Å². The van der Waals surface area contributed by atoms with E-state index in [-0.39, 0.29) is 29.3 Å². The first-order valence-corrected chi connectivity index (χ1v) is 11.0. The number of aromatic nitrogens is 1. The van der Waals surface area contributed by atoms with Gasteiger partial charge in [0.05, 0.1) is 24.0 Å². The normalized spacial score (nSPS) is 10.8. The summed E-state index contributed by atoms with van der Waals surface area (Å²) in [6, 6.07) is 18.4. The summed E-state index contributed by atoms with van der Waals surface area (Å²) in [5.41, 5.74) is 2.26. The molecule has 35 heavy (non-hydrogen) atoms. The van der Waals surface area contributed by atoms with Crippen molar-refractivity contribution < 1.29 is 24.0 Å². The van der Waals surface area contributed by atoms with E-state index >= 15 is 0 Å². The number of esters is 1. The number of nitro groups is 1. The number of carbonyl (C=O) groups is 2. The molecular weight excluding hydrogens is 472 g/mol. The molecule has 9 heteroatoms. The van der Waals surface area contributed by atoms with Gasteiger partial charge in [-0.1, -0.05) is 41.9 Å². The van der Waals surface area contributed by atoms with Crippen LogP contribution in [0.3, 0.4) is 0 Å². The zero-order valence-corrected chi connectivity index (χ0v) is 19.7. The molecule has 0 aliphatic rings. The standard InChI is InChI=1S/C26H21ClN2O6/c1-16-20(14-25(30)35-15-17-6-4-3-5-7-17)21-13-19(34-2)9-11-23(21)28(16)26(31)18-8-10-22(27)24(12-18)29(32)33/h3-13H,14-15H2,1-2H3. The molecule has 3 aromatic carbocycles. The molecule has 0 saturated heterocycles. The number of rotatable bonds is 7. The molecule has 4 aromatic rings. The quantitative estimate of drug-likeness (QED) is 0.192. The van der Waals surface area contributed by atoms with Gasteiger partial charge in [-0.15, -0.1) is 0 Å².